The van der Waals surface area contributed by atoms with Crippen molar-refractivity contribution in [2.24, 2.45) is 5.92 Å². The second kappa shape index (κ2) is 9.23. The Morgan fingerprint density at radius 1 is 0.962 bits per heavy atom. The molecular formula is C22H33ClN2O. The topological polar surface area (TPSA) is 32.3 Å². The predicted molar refractivity (Wildman–Crippen MR) is 108 cm³/mol. The van der Waals surface area contributed by atoms with Crippen molar-refractivity contribution >= 4 is 18.3 Å². The Morgan fingerprint density at radius 2 is 1.62 bits per heavy atom. The highest BCUT2D eigenvalue weighted by molar-refractivity contribution is 5.85. The summed E-state index contributed by atoms with van der Waals surface area (Å²) in [6.07, 6.45) is 12.1. The van der Waals surface area contributed by atoms with Crippen molar-refractivity contribution in [1.82, 2.24) is 10.2 Å². The molecule has 2 saturated heterocycles. The first-order valence-corrected chi connectivity index (χ1v) is 10.4. The van der Waals surface area contributed by atoms with Crippen LogP contribution in [0.15, 0.2) is 30.3 Å². The SMILES string of the molecule is Cl.O=C(CC1CC2CCC(C1)N2)N(Cc1ccccc1)C1CCCCC1. The predicted octanol–water partition coefficient (Wildman–Crippen LogP) is 4.69. The fourth-order valence-corrected chi connectivity index (χ4v) is 5.30. The molecule has 1 N–H and O–H groups in total. The van der Waals surface area contributed by atoms with E-state index in [-0.39, 0.29) is 12.4 Å². The number of rotatable bonds is 5. The van der Waals surface area contributed by atoms with Gasteiger partial charge in [-0.2, -0.15) is 0 Å². The van der Waals surface area contributed by atoms with Crippen LogP contribution in [0.2, 0.25) is 0 Å². The number of halogens is 1. The Bertz CT molecular complexity index is 561. The quantitative estimate of drug-likeness (QED) is 0.808. The molecule has 1 aromatic carbocycles. The van der Waals surface area contributed by atoms with E-state index in [1.807, 2.05) is 0 Å². The first-order valence-electron chi connectivity index (χ1n) is 10.4. The maximum atomic E-state index is 13.3. The molecule has 3 aliphatic rings. The Balaban J connectivity index is 0.00000196. The first kappa shape index (κ1) is 19.7. The minimum atomic E-state index is 0. The average Bonchev–Trinajstić information content (AvgIpc) is 2.99. The smallest absolute Gasteiger partial charge is 0.223 e. The van der Waals surface area contributed by atoms with Crippen molar-refractivity contribution in [2.75, 3.05) is 0 Å². The Labute approximate surface area is 164 Å². The number of benzene rings is 1. The summed E-state index contributed by atoms with van der Waals surface area (Å²) >= 11 is 0. The van der Waals surface area contributed by atoms with Gasteiger partial charge in [0, 0.05) is 31.1 Å². The number of hydrogen-bond donors (Lipinski definition) is 1. The Kier molecular flexibility index (Phi) is 6.99. The minimum Gasteiger partial charge on any atom is -0.335 e. The molecule has 4 heteroatoms. The number of carbonyl (C=O) groups excluding carboxylic acids is 1. The second-order valence-electron chi connectivity index (χ2n) is 8.48. The molecule has 2 atom stereocenters. The molecule has 1 aliphatic carbocycles. The number of nitrogens with zero attached hydrogens (tertiary/aromatic N) is 1. The summed E-state index contributed by atoms with van der Waals surface area (Å²) in [6.45, 7) is 0.794. The molecule has 3 nitrogen and oxygen atoms in total. The third-order valence-corrected chi connectivity index (χ3v) is 6.57. The summed E-state index contributed by atoms with van der Waals surface area (Å²) in [5.74, 6) is 0.996. The van der Waals surface area contributed by atoms with Gasteiger partial charge in [-0.1, -0.05) is 49.6 Å². The Hall–Kier alpha value is -1.06. The van der Waals surface area contributed by atoms with E-state index in [2.05, 4.69) is 40.5 Å². The first-order chi connectivity index (χ1) is 12.3. The van der Waals surface area contributed by atoms with Crippen LogP contribution in [0, 0.1) is 5.92 Å². The van der Waals surface area contributed by atoms with Crippen LogP contribution in [-0.4, -0.2) is 28.9 Å². The summed E-state index contributed by atoms with van der Waals surface area (Å²) in [7, 11) is 0. The van der Waals surface area contributed by atoms with Gasteiger partial charge in [0.1, 0.15) is 0 Å². The van der Waals surface area contributed by atoms with E-state index in [1.165, 1.54) is 63.4 Å². The maximum Gasteiger partial charge on any atom is 0.223 e. The van der Waals surface area contributed by atoms with Gasteiger partial charge in [0.2, 0.25) is 5.91 Å². The van der Waals surface area contributed by atoms with E-state index in [0.29, 0.717) is 30.0 Å². The van der Waals surface area contributed by atoms with Crippen molar-refractivity contribution in [3.05, 3.63) is 35.9 Å². The largest absolute Gasteiger partial charge is 0.335 e. The third kappa shape index (κ3) is 4.80. The fourth-order valence-electron chi connectivity index (χ4n) is 5.30. The molecule has 2 heterocycles. The van der Waals surface area contributed by atoms with Crippen LogP contribution in [0.1, 0.15) is 69.8 Å². The molecule has 1 amide bonds. The maximum absolute atomic E-state index is 13.3. The van der Waals surface area contributed by atoms with Crippen molar-refractivity contribution < 1.29 is 4.79 Å². The van der Waals surface area contributed by atoms with Gasteiger partial charge >= 0.3 is 0 Å². The number of hydrogen-bond acceptors (Lipinski definition) is 2. The second-order valence-corrected chi connectivity index (χ2v) is 8.48. The average molecular weight is 377 g/mol. The van der Waals surface area contributed by atoms with Gasteiger partial charge in [0.05, 0.1) is 0 Å². The zero-order valence-electron chi connectivity index (χ0n) is 15.7. The van der Waals surface area contributed by atoms with Gasteiger partial charge in [0.15, 0.2) is 0 Å². The van der Waals surface area contributed by atoms with Gasteiger partial charge < -0.3 is 10.2 Å². The molecule has 0 radical (unpaired) electrons. The molecule has 4 rings (SSSR count). The molecule has 1 aromatic rings. The van der Waals surface area contributed by atoms with Crippen molar-refractivity contribution in [1.29, 1.82) is 0 Å². The van der Waals surface area contributed by atoms with Crippen LogP contribution in [0.3, 0.4) is 0 Å². The number of amides is 1. The normalized spacial score (nSPS) is 28.4. The van der Waals surface area contributed by atoms with Gasteiger partial charge in [-0.3, -0.25) is 4.79 Å². The van der Waals surface area contributed by atoms with Crippen LogP contribution < -0.4 is 5.32 Å². The lowest BCUT2D eigenvalue weighted by Crippen LogP contribution is -2.44. The molecule has 2 unspecified atom stereocenters. The van der Waals surface area contributed by atoms with Crippen LogP contribution >= 0.6 is 12.4 Å². The third-order valence-electron chi connectivity index (χ3n) is 6.57. The van der Waals surface area contributed by atoms with E-state index in [9.17, 15) is 4.79 Å². The van der Waals surface area contributed by atoms with Crippen LogP contribution in [-0.2, 0) is 11.3 Å². The molecule has 3 fully saturated rings. The molecule has 26 heavy (non-hydrogen) atoms. The summed E-state index contributed by atoms with van der Waals surface area (Å²) < 4.78 is 0. The number of piperidine rings is 1. The Morgan fingerprint density at radius 3 is 2.27 bits per heavy atom. The fraction of sp³-hybridized carbons (Fsp3) is 0.682. The lowest BCUT2D eigenvalue weighted by atomic mass is 9.88. The minimum absolute atomic E-state index is 0. The van der Waals surface area contributed by atoms with Crippen molar-refractivity contribution in [3.8, 4) is 0 Å². The van der Waals surface area contributed by atoms with Gasteiger partial charge in [-0.15, -0.1) is 12.4 Å². The number of nitrogens with one attached hydrogen (secondary N) is 1. The van der Waals surface area contributed by atoms with Gasteiger partial charge in [0.25, 0.3) is 0 Å². The molecule has 0 aromatic heterocycles. The van der Waals surface area contributed by atoms with Gasteiger partial charge in [-0.25, -0.2) is 0 Å². The zero-order chi connectivity index (χ0) is 17.1. The van der Waals surface area contributed by atoms with Crippen molar-refractivity contribution in [2.45, 2.75) is 88.9 Å². The number of carbonyl (C=O) groups is 1. The van der Waals surface area contributed by atoms with E-state index in [0.717, 1.165) is 13.0 Å². The summed E-state index contributed by atoms with van der Waals surface area (Å²) in [6, 6.07) is 12.4. The van der Waals surface area contributed by atoms with Crippen LogP contribution in [0.4, 0.5) is 0 Å². The summed E-state index contributed by atoms with van der Waals surface area (Å²) in [5.41, 5.74) is 1.27. The van der Waals surface area contributed by atoms with Crippen molar-refractivity contribution in [3.63, 3.8) is 0 Å². The monoisotopic (exact) mass is 376 g/mol. The highest BCUT2D eigenvalue weighted by Gasteiger charge is 2.35. The van der Waals surface area contributed by atoms with E-state index < -0.39 is 0 Å². The standard InChI is InChI=1S/C22H32N2O.ClH/c25-22(15-18-13-19-11-12-20(14-18)23-19)24(21-9-5-2-6-10-21)16-17-7-3-1-4-8-17;/h1,3-4,7-8,18-21,23H,2,5-6,9-16H2;1H. The molecule has 2 aliphatic heterocycles. The van der Waals surface area contributed by atoms with Crippen LogP contribution in [0.25, 0.3) is 0 Å². The van der Waals surface area contributed by atoms with E-state index >= 15 is 0 Å². The van der Waals surface area contributed by atoms with E-state index in [4.69, 9.17) is 0 Å². The highest BCUT2D eigenvalue weighted by atomic mass is 35.5. The highest BCUT2D eigenvalue weighted by Crippen LogP contribution is 2.34. The molecule has 144 valence electrons. The molecule has 1 saturated carbocycles. The molecular weight excluding hydrogens is 344 g/mol. The van der Waals surface area contributed by atoms with Crippen LogP contribution in [0.5, 0.6) is 0 Å². The number of fused-ring (bicyclic) bond motifs is 2. The summed E-state index contributed by atoms with van der Waals surface area (Å²) in [5, 5.41) is 3.70. The zero-order valence-corrected chi connectivity index (χ0v) is 16.6. The summed E-state index contributed by atoms with van der Waals surface area (Å²) in [4.78, 5) is 15.5. The molecule has 2 bridgehead atoms. The van der Waals surface area contributed by atoms with Gasteiger partial charge in [-0.05, 0) is 50.0 Å². The van der Waals surface area contributed by atoms with E-state index in [1.54, 1.807) is 0 Å². The molecule has 0 spiro atoms. The lowest BCUT2D eigenvalue weighted by molar-refractivity contribution is -0.136. The lowest BCUT2D eigenvalue weighted by Gasteiger charge is -2.36.